The van der Waals surface area contributed by atoms with Crippen molar-refractivity contribution < 1.29 is 13.5 Å². The van der Waals surface area contributed by atoms with Crippen molar-refractivity contribution in [3.8, 4) is 5.75 Å². The van der Waals surface area contributed by atoms with E-state index in [-0.39, 0.29) is 11.3 Å². The lowest BCUT2D eigenvalue weighted by Crippen LogP contribution is -2.12. The molecule has 0 radical (unpaired) electrons. The molecule has 0 aliphatic carbocycles. The molecule has 0 saturated heterocycles. The molecule has 1 aromatic carbocycles. The molecule has 1 atom stereocenters. The van der Waals surface area contributed by atoms with Crippen LogP contribution in [0.15, 0.2) is 24.8 Å². The Morgan fingerprint density at radius 2 is 2.14 bits per heavy atom. The third-order valence-electron chi connectivity index (χ3n) is 1.90. The monoisotopic (exact) mass is 199 g/mol. The highest BCUT2D eigenvalue weighted by atomic mass is 19.1. The zero-order valence-electron chi connectivity index (χ0n) is 7.76. The summed E-state index contributed by atoms with van der Waals surface area (Å²) in [5, 5.41) is 0. The largest absolute Gasteiger partial charge is 0.494 e. The molecule has 2 nitrogen and oxygen atoms in total. The molecule has 0 fully saturated rings. The summed E-state index contributed by atoms with van der Waals surface area (Å²) in [4.78, 5) is 0. The maximum Gasteiger partial charge on any atom is 0.173 e. The molecule has 0 saturated carbocycles. The average Bonchev–Trinajstić information content (AvgIpc) is 2.18. The number of benzene rings is 1. The second-order valence-electron chi connectivity index (χ2n) is 2.74. The fraction of sp³-hybridized carbons (Fsp3) is 0.200. The fourth-order valence-corrected chi connectivity index (χ4v) is 1.13. The number of methoxy groups -OCH3 is 1. The highest BCUT2D eigenvalue weighted by Crippen LogP contribution is 2.27. The van der Waals surface area contributed by atoms with Crippen LogP contribution >= 0.6 is 0 Å². The van der Waals surface area contributed by atoms with Crippen molar-refractivity contribution in [2.24, 2.45) is 5.73 Å². The molecule has 0 aliphatic rings. The summed E-state index contributed by atoms with van der Waals surface area (Å²) in [5.41, 5.74) is 5.24. The Bertz CT molecular complexity index is 352. The van der Waals surface area contributed by atoms with Gasteiger partial charge >= 0.3 is 0 Å². The van der Waals surface area contributed by atoms with Gasteiger partial charge in [-0.05, 0) is 12.1 Å². The molecular formula is C10H11F2NO. The molecule has 0 aliphatic heterocycles. The summed E-state index contributed by atoms with van der Waals surface area (Å²) in [5.74, 6) is -1.51. The highest BCUT2D eigenvalue weighted by molar-refractivity contribution is 5.35. The Hall–Kier alpha value is -1.42. The summed E-state index contributed by atoms with van der Waals surface area (Å²) in [7, 11) is 1.31. The molecule has 0 aromatic heterocycles. The predicted octanol–water partition coefficient (Wildman–Crippen LogP) is 2.16. The molecule has 0 amide bonds. The maximum atomic E-state index is 13.5. The van der Waals surface area contributed by atoms with Gasteiger partial charge in [0.05, 0.1) is 13.2 Å². The minimum atomic E-state index is -0.870. The summed E-state index contributed by atoms with van der Waals surface area (Å²) in [6.45, 7) is 3.38. The number of nitrogens with two attached hydrogens (primary N) is 1. The SMILES string of the molecule is C=C[C@H](N)c1c(F)ccc(OC)c1F. The molecule has 1 rings (SSSR count). The second kappa shape index (κ2) is 4.19. The third-order valence-corrected chi connectivity index (χ3v) is 1.90. The van der Waals surface area contributed by atoms with E-state index < -0.39 is 17.7 Å². The highest BCUT2D eigenvalue weighted by Gasteiger charge is 2.17. The van der Waals surface area contributed by atoms with Gasteiger partial charge in [-0.15, -0.1) is 6.58 Å². The molecule has 14 heavy (non-hydrogen) atoms. The maximum absolute atomic E-state index is 13.5. The summed E-state index contributed by atoms with van der Waals surface area (Å²) >= 11 is 0. The first-order chi connectivity index (χ1) is 6.61. The third kappa shape index (κ3) is 1.75. The van der Waals surface area contributed by atoms with E-state index in [4.69, 9.17) is 10.5 Å². The van der Waals surface area contributed by atoms with E-state index in [9.17, 15) is 8.78 Å². The zero-order chi connectivity index (χ0) is 10.7. The van der Waals surface area contributed by atoms with Crippen molar-refractivity contribution in [3.63, 3.8) is 0 Å². The molecule has 0 bridgehead atoms. The molecule has 0 unspecified atom stereocenters. The Labute approximate surface area is 81.0 Å². The molecule has 0 heterocycles. The van der Waals surface area contributed by atoms with Crippen LogP contribution in [-0.2, 0) is 0 Å². The van der Waals surface area contributed by atoms with Gasteiger partial charge in [-0.3, -0.25) is 0 Å². The van der Waals surface area contributed by atoms with Crippen molar-refractivity contribution in [2.75, 3.05) is 7.11 Å². The van der Waals surface area contributed by atoms with Gasteiger partial charge in [-0.1, -0.05) is 6.08 Å². The standard InChI is InChI=1S/C10H11F2NO/c1-3-7(13)9-6(11)4-5-8(14-2)10(9)12/h3-5,7H,1,13H2,2H3/t7-/m0/s1. The van der Waals surface area contributed by atoms with Crippen LogP contribution < -0.4 is 10.5 Å². The van der Waals surface area contributed by atoms with Crippen LogP contribution in [0.25, 0.3) is 0 Å². The average molecular weight is 199 g/mol. The molecule has 76 valence electrons. The van der Waals surface area contributed by atoms with E-state index in [2.05, 4.69) is 6.58 Å². The van der Waals surface area contributed by atoms with Crippen molar-refractivity contribution in [1.82, 2.24) is 0 Å². The van der Waals surface area contributed by atoms with Crippen molar-refractivity contribution >= 4 is 0 Å². The number of hydrogen-bond donors (Lipinski definition) is 1. The lowest BCUT2D eigenvalue weighted by Gasteiger charge is -2.11. The van der Waals surface area contributed by atoms with E-state index in [1.54, 1.807) is 0 Å². The van der Waals surface area contributed by atoms with Gasteiger partial charge in [0.2, 0.25) is 0 Å². The van der Waals surface area contributed by atoms with Crippen LogP contribution in [0.2, 0.25) is 0 Å². The van der Waals surface area contributed by atoms with E-state index in [1.165, 1.54) is 19.3 Å². The lowest BCUT2D eigenvalue weighted by atomic mass is 10.1. The van der Waals surface area contributed by atoms with E-state index in [0.29, 0.717) is 0 Å². The number of rotatable bonds is 3. The van der Waals surface area contributed by atoms with Crippen molar-refractivity contribution in [3.05, 3.63) is 42.0 Å². The Morgan fingerprint density at radius 1 is 1.50 bits per heavy atom. The Kier molecular flexibility index (Phi) is 3.19. The van der Waals surface area contributed by atoms with Gasteiger partial charge in [0.25, 0.3) is 0 Å². The van der Waals surface area contributed by atoms with Crippen LogP contribution in [0.5, 0.6) is 5.75 Å². The molecule has 2 N–H and O–H groups in total. The smallest absolute Gasteiger partial charge is 0.173 e. The van der Waals surface area contributed by atoms with Gasteiger partial charge in [-0.25, -0.2) is 8.78 Å². The molecule has 0 spiro atoms. The first-order valence-electron chi connectivity index (χ1n) is 4.01. The van der Waals surface area contributed by atoms with Gasteiger partial charge in [-0.2, -0.15) is 0 Å². The van der Waals surface area contributed by atoms with Gasteiger partial charge in [0.1, 0.15) is 5.82 Å². The first kappa shape index (κ1) is 10.7. The van der Waals surface area contributed by atoms with E-state index >= 15 is 0 Å². The number of hydrogen-bond acceptors (Lipinski definition) is 2. The lowest BCUT2D eigenvalue weighted by molar-refractivity contribution is 0.379. The van der Waals surface area contributed by atoms with E-state index in [1.807, 2.05) is 0 Å². The van der Waals surface area contributed by atoms with Gasteiger partial charge in [0, 0.05) is 5.56 Å². The summed E-state index contributed by atoms with van der Waals surface area (Å²) in [6.07, 6.45) is 1.26. The van der Waals surface area contributed by atoms with Crippen LogP contribution in [0.1, 0.15) is 11.6 Å². The quantitative estimate of drug-likeness (QED) is 0.757. The molecular weight excluding hydrogens is 188 g/mol. The first-order valence-corrected chi connectivity index (χ1v) is 4.01. The topological polar surface area (TPSA) is 35.2 Å². The fourth-order valence-electron chi connectivity index (χ4n) is 1.13. The molecule has 1 aromatic rings. The number of ether oxygens (including phenoxy) is 1. The summed E-state index contributed by atoms with van der Waals surface area (Å²) in [6, 6.07) is 1.45. The van der Waals surface area contributed by atoms with Crippen LogP contribution in [0, 0.1) is 11.6 Å². The predicted molar refractivity (Wildman–Crippen MR) is 50.0 cm³/mol. The minimum Gasteiger partial charge on any atom is -0.494 e. The Morgan fingerprint density at radius 3 is 2.64 bits per heavy atom. The van der Waals surface area contributed by atoms with Crippen LogP contribution in [0.3, 0.4) is 0 Å². The summed E-state index contributed by atoms with van der Waals surface area (Å²) < 4.78 is 31.4. The van der Waals surface area contributed by atoms with Gasteiger partial charge < -0.3 is 10.5 Å². The van der Waals surface area contributed by atoms with Crippen LogP contribution in [0.4, 0.5) is 8.78 Å². The van der Waals surface area contributed by atoms with Crippen LogP contribution in [-0.4, -0.2) is 7.11 Å². The van der Waals surface area contributed by atoms with Gasteiger partial charge in [0.15, 0.2) is 11.6 Å². The zero-order valence-corrected chi connectivity index (χ0v) is 7.76. The molecule has 4 heteroatoms. The second-order valence-corrected chi connectivity index (χ2v) is 2.74. The minimum absolute atomic E-state index is 0.0290. The Balaban J connectivity index is 3.31. The van der Waals surface area contributed by atoms with Crippen molar-refractivity contribution in [2.45, 2.75) is 6.04 Å². The number of halogens is 2. The normalized spacial score (nSPS) is 12.3. The van der Waals surface area contributed by atoms with E-state index in [0.717, 1.165) is 6.07 Å². The van der Waals surface area contributed by atoms with Crippen molar-refractivity contribution in [1.29, 1.82) is 0 Å².